The average Bonchev–Trinajstić information content (AvgIpc) is 2.85. The lowest BCUT2D eigenvalue weighted by Crippen LogP contribution is -2.19. The number of carbonyl (C=O) groups is 1. The SMILES string of the molecule is CNCCC(=O)Nc1cc(F)ccc1Sc1nccn1C.Cl. The van der Waals surface area contributed by atoms with Crippen molar-refractivity contribution in [2.75, 3.05) is 18.9 Å². The molecule has 2 rings (SSSR count). The van der Waals surface area contributed by atoms with Crippen LogP contribution >= 0.6 is 24.2 Å². The van der Waals surface area contributed by atoms with Crippen LogP contribution in [0.5, 0.6) is 0 Å². The highest BCUT2D eigenvalue weighted by Gasteiger charge is 2.11. The van der Waals surface area contributed by atoms with Gasteiger partial charge in [0.05, 0.1) is 5.69 Å². The van der Waals surface area contributed by atoms with Gasteiger partial charge in [0.25, 0.3) is 0 Å². The highest BCUT2D eigenvalue weighted by Crippen LogP contribution is 2.32. The number of nitrogens with one attached hydrogen (secondary N) is 2. The zero-order chi connectivity index (χ0) is 15.2. The van der Waals surface area contributed by atoms with Crippen molar-refractivity contribution >= 4 is 35.8 Å². The van der Waals surface area contributed by atoms with Crippen molar-refractivity contribution in [3.8, 4) is 0 Å². The van der Waals surface area contributed by atoms with E-state index in [4.69, 9.17) is 0 Å². The second kappa shape index (κ2) is 8.77. The molecule has 2 aromatic rings. The Hall–Kier alpha value is -1.57. The monoisotopic (exact) mass is 344 g/mol. The Labute approximate surface area is 139 Å². The topological polar surface area (TPSA) is 59.0 Å². The maximum absolute atomic E-state index is 13.4. The average molecular weight is 345 g/mol. The number of aryl methyl sites for hydroxylation is 1. The largest absolute Gasteiger partial charge is 0.329 e. The number of nitrogens with zero attached hydrogens (tertiary/aromatic N) is 2. The summed E-state index contributed by atoms with van der Waals surface area (Å²) in [4.78, 5) is 16.8. The normalized spacial score (nSPS) is 10.1. The Morgan fingerprint density at radius 2 is 2.23 bits per heavy atom. The van der Waals surface area contributed by atoms with E-state index in [1.807, 2.05) is 17.8 Å². The Balaban J connectivity index is 0.00000242. The fraction of sp³-hybridized carbons (Fsp3) is 0.286. The van der Waals surface area contributed by atoms with Gasteiger partial charge in [0.1, 0.15) is 5.82 Å². The second-order valence-corrected chi connectivity index (χ2v) is 5.47. The molecule has 1 aromatic carbocycles. The molecule has 0 atom stereocenters. The summed E-state index contributed by atoms with van der Waals surface area (Å²) in [5, 5.41) is 6.41. The van der Waals surface area contributed by atoms with Crippen LogP contribution in [-0.2, 0) is 11.8 Å². The number of aromatic nitrogens is 2. The number of amides is 1. The summed E-state index contributed by atoms with van der Waals surface area (Å²) in [5.74, 6) is -0.542. The molecule has 0 bridgehead atoms. The van der Waals surface area contributed by atoms with Gasteiger partial charge in [-0.3, -0.25) is 4.79 Å². The summed E-state index contributed by atoms with van der Waals surface area (Å²) in [6.07, 6.45) is 3.85. The van der Waals surface area contributed by atoms with Gasteiger partial charge < -0.3 is 15.2 Å². The van der Waals surface area contributed by atoms with Crippen LogP contribution in [-0.4, -0.2) is 29.1 Å². The lowest BCUT2D eigenvalue weighted by molar-refractivity contribution is -0.116. The van der Waals surface area contributed by atoms with Crippen molar-refractivity contribution in [1.29, 1.82) is 0 Å². The van der Waals surface area contributed by atoms with E-state index >= 15 is 0 Å². The molecule has 0 aliphatic rings. The van der Waals surface area contributed by atoms with Gasteiger partial charge in [0.15, 0.2) is 5.16 Å². The fourth-order valence-electron chi connectivity index (χ4n) is 1.69. The predicted molar refractivity (Wildman–Crippen MR) is 88.2 cm³/mol. The first kappa shape index (κ1) is 18.5. The first-order valence-corrected chi connectivity index (χ1v) is 7.31. The zero-order valence-corrected chi connectivity index (χ0v) is 13.9. The molecule has 1 aromatic heterocycles. The van der Waals surface area contributed by atoms with Gasteiger partial charge in [-0.2, -0.15) is 0 Å². The van der Waals surface area contributed by atoms with Crippen molar-refractivity contribution in [3.63, 3.8) is 0 Å². The zero-order valence-electron chi connectivity index (χ0n) is 12.3. The number of carbonyl (C=O) groups excluding carboxylic acids is 1. The van der Waals surface area contributed by atoms with Gasteiger partial charge in [-0.15, -0.1) is 12.4 Å². The lowest BCUT2D eigenvalue weighted by atomic mass is 10.3. The molecule has 120 valence electrons. The molecule has 0 unspecified atom stereocenters. The van der Waals surface area contributed by atoms with Crippen molar-refractivity contribution in [1.82, 2.24) is 14.9 Å². The number of anilines is 1. The summed E-state index contributed by atoms with van der Waals surface area (Å²) in [7, 11) is 3.65. The molecule has 5 nitrogen and oxygen atoms in total. The molecule has 8 heteroatoms. The lowest BCUT2D eigenvalue weighted by Gasteiger charge is -2.11. The number of imidazole rings is 1. The minimum atomic E-state index is -0.386. The van der Waals surface area contributed by atoms with Crippen LogP contribution in [0.2, 0.25) is 0 Å². The summed E-state index contributed by atoms with van der Waals surface area (Å²) < 4.78 is 15.3. The smallest absolute Gasteiger partial charge is 0.225 e. The van der Waals surface area contributed by atoms with E-state index in [0.29, 0.717) is 18.7 Å². The van der Waals surface area contributed by atoms with E-state index in [1.54, 1.807) is 19.3 Å². The summed E-state index contributed by atoms with van der Waals surface area (Å²) in [5.41, 5.74) is 0.462. The minimum absolute atomic E-state index is 0. The van der Waals surface area contributed by atoms with Crippen LogP contribution in [0.3, 0.4) is 0 Å². The molecule has 22 heavy (non-hydrogen) atoms. The molecule has 0 spiro atoms. The van der Waals surface area contributed by atoms with Crippen molar-refractivity contribution in [2.24, 2.45) is 7.05 Å². The quantitative estimate of drug-likeness (QED) is 0.846. The first-order chi connectivity index (χ1) is 10.1. The second-order valence-electron chi connectivity index (χ2n) is 4.46. The van der Waals surface area contributed by atoms with Crippen LogP contribution in [0.1, 0.15) is 6.42 Å². The molecule has 1 heterocycles. The van der Waals surface area contributed by atoms with Gasteiger partial charge in [-0.05, 0) is 37.0 Å². The van der Waals surface area contributed by atoms with E-state index < -0.39 is 0 Å². The Morgan fingerprint density at radius 3 is 2.86 bits per heavy atom. The van der Waals surface area contributed by atoms with Gasteiger partial charge in [-0.1, -0.05) is 0 Å². The maximum atomic E-state index is 13.4. The van der Waals surface area contributed by atoms with Crippen molar-refractivity contribution < 1.29 is 9.18 Å². The molecule has 2 N–H and O–H groups in total. The maximum Gasteiger partial charge on any atom is 0.225 e. The fourth-order valence-corrected chi connectivity index (χ4v) is 2.56. The molecule has 0 aliphatic carbocycles. The molecule has 1 amide bonds. The van der Waals surface area contributed by atoms with Crippen molar-refractivity contribution in [2.45, 2.75) is 16.5 Å². The van der Waals surface area contributed by atoms with E-state index in [1.165, 1.54) is 23.9 Å². The van der Waals surface area contributed by atoms with E-state index in [-0.39, 0.29) is 24.1 Å². The highest BCUT2D eigenvalue weighted by atomic mass is 35.5. The Kier molecular flexibility index (Phi) is 7.37. The van der Waals surface area contributed by atoms with E-state index in [0.717, 1.165) is 10.1 Å². The van der Waals surface area contributed by atoms with Crippen molar-refractivity contribution in [3.05, 3.63) is 36.4 Å². The number of benzene rings is 1. The summed E-state index contributed by atoms with van der Waals surface area (Å²) >= 11 is 1.38. The third kappa shape index (κ3) is 5.01. The van der Waals surface area contributed by atoms with E-state index in [9.17, 15) is 9.18 Å². The molecule has 0 fully saturated rings. The summed E-state index contributed by atoms with van der Waals surface area (Å²) in [6.45, 7) is 0.572. The Bertz CT molecular complexity index is 635. The Morgan fingerprint density at radius 1 is 1.45 bits per heavy atom. The minimum Gasteiger partial charge on any atom is -0.329 e. The number of hydrogen-bond donors (Lipinski definition) is 2. The highest BCUT2D eigenvalue weighted by molar-refractivity contribution is 7.99. The number of rotatable bonds is 6. The first-order valence-electron chi connectivity index (χ1n) is 6.49. The van der Waals surface area contributed by atoms with Crippen LogP contribution in [0, 0.1) is 5.82 Å². The molecule has 0 saturated heterocycles. The van der Waals surface area contributed by atoms with Gasteiger partial charge >= 0.3 is 0 Å². The summed E-state index contributed by atoms with van der Waals surface area (Å²) in [6, 6.07) is 4.33. The third-order valence-electron chi connectivity index (χ3n) is 2.80. The van der Waals surface area contributed by atoms with Crippen LogP contribution < -0.4 is 10.6 Å². The standard InChI is InChI=1S/C14H17FN4OS.ClH/c1-16-6-5-13(20)18-11-9-10(15)3-4-12(11)21-14-17-7-8-19(14)2;/h3-4,7-9,16H,5-6H2,1-2H3,(H,18,20);1H. The molecular formula is C14H18ClFN4OS. The van der Waals surface area contributed by atoms with Gasteiger partial charge in [0, 0.05) is 37.3 Å². The van der Waals surface area contributed by atoms with Crippen LogP contribution in [0.4, 0.5) is 10.1 Å². The predicted octanol–water partition coefficient (Wildman–Crippen LogP) is 2.68. The third-order valence-corrected chi connectivity index (χ3v) is 3.95. The number of hydrogen-bond acceptors (Lipinski definition) is 4. The van der Waals surface area contributed by atoms with Crippen LogP contribution in [0.25, 0.3) is 0 Å². The van der Waals surface area contributed by atoms with Gasteiger partial charge in [-0.25, -0.2) is 9.37 Å². The van der Waals surface area contributed by atoms with Gasteiger partial charge in [0.2, 0.25) is 5.91 Å². The molecular weight excluding hydrogens is 327 g/mol. The molecule has 0 saturated carbocycles. The molecule has 0 aliphatic heterocycles. The number of halogens is 2. The molecule has 0 radical (unpaired) electrons. The van der Waals surface area contributed by atoms with Crippen LogP contribution in [0.15, 0.2) is 40.6 Å². The van der Waals surface area contributed by atoms with E-state index in [2.05, 4.69) is 15.6 Å².